The van der Waals surface area contributed by atoms with Crippen LogP contribution in [0.2, 0.25) is 0 Å². The van der Waals surface area contributed by atoms with E-state index in [0.717, 1.165) is 5.56 Å². The molecule has 0 fully saturated rings. The van der Waals surface area contributed by atoms with Gasteiger partial charge >= 0.3 is 0 Å². The lowest BCUT2D eigenvalue weighted by atomic mass is 10.1. The van der Waals surface area contributed by atoms with Crippen LogP contribution in [0.5, 0.6) is 0 Å². The van der Waals surface area contributed by atoms with Gasteiger partial charge in [-0.2, -0.15) is 0 Å². The molecule has 1 aliphatic heterocycles. The Morgan fingerprint density at radius 1 is 1.23 bits per heavy atom. The Hall–Kier alpha value is -1.77. The molecule has 0 bridgehead atoms. The van der Waals surface area contributed by atoms with Crippen LogP contribution in [0.25, 0.3) is 5.57 Å². The van der Waals surface area contributed by atoms with Crippen LogP contribution in [0.3, 0.4) is 0 Å². The first-order valence-electron chi connectivity index (χ1n) is 4.03. The lowest BCUT2D eigenvalue weighted by molar-refractivity contribution is -0.117. The molecule has 0 atom stereocenters. The van der Waals surface area contributed by atoms with Crippen molar-refractivity contribution in [3.63, 3.8) is 0 Å². The van der Waals surface area contributed by atoms with Gasteiger partial charge < -0.3 is 10.1 Å². The second kappa shape index (κ2) is 3.31. The van der Waals surface area contributed by atoms with Crippen molar-refractivity contribution < 1.29 is 9.53 Å². The minimum absolute atomic E-state index is 0.0857. The Labute approximate surface area is 76.0 Å². The molecule has 3 nitrogen and oxygen atoms in total. The normalized spacial score (nSPS) is 15.7. The maximum atomic E-state index is 11.3. The summed E-state index contributed by atoms with van der Waals surface area (Å²) in [6.07, 6.45) is 1.49. The largest absolute Gasteiger partial charge is 0.480 e. The van der Waals surface area contributed by atoms with E-state index in [0.29, 0.717) is 5.57 Å². The van der Waals surface area contributed by atoms with Crippen molar-refractivity contribution in [2.75, 3.05) is 6.73 Å². The number of amides is 1. The molecule has 2 rings (SSSR count). The second-order valence-electron chi connectivity index (χ2n) is 2.71. The molecular weight excluding hydrogens is 166 g/mol. The second-order valence-corrected chi connectivity index (χ2v) is 2.71. The molecule has 13 heavy (non-hydrogen) atoms. The summed E-state index contributed by atoms with van der Waals surface area (Å²) in [6.45, 7) is 0.259. The molecule has 1 heterocycles. The third-order valence-electron chi connectivity index (χ3n) is 1.85. The van der Waals surface area contributed by atoms with Gasteiger partial charge in [0.05, 0.1) is 11.8 Å². The topological polar surface area (TPSA) is 38.3 Å². The number of carbonyl (C=O) groups is 1. The van der Waals surface area contributed by atoms with E-state index in [1.807, 2.05) is 30.3 Å². The van der Waals surface area contributed by atoms with Gasteiger partial charge in [0.15, 0.2) is 6.73 Å². The first-order valence-corrected chi connectivity index (χ1v) is 4.03. The average molecular weight is 175 g/mol. The zero-order chi connectivity index (χ0) is 9.10. The zero-order valence-corrected chi connectivity index (χ0v) is 6.99. The molecule has 0 saturated heterocycles. The summed E-state index contributed by atoms with van der Waals surface area (Å²) in [5.74, 6) is -0.0857. The first-order chi connectivity index (χ1) is 6.38. The number of carbonyl (C=O) groups excluding carboxylic acids is 1. The van der Waals surface area contributed by atoms with Crippen molar-refractivity contribution in [2.45, 2.75) is 0 Å². The van der Waals surface area contributed by atoms with Crippen molar-refractivity contribution in [2.24, 2.45) is 0 Å². The number of rotatable bonds is 1. The van der Waals surface area contributed by atoms with Gasteiger partial charge in [-0.15, -0.1) is 0 Å². The first kappa shape index (κ1) is 7.86. The summed E-state index contributed by atoms with van der Waals surface area (Å²) in [4.78, 5) is 11.3. The van der Waals surface area contributed by atoms with E-state index in [9.17, 15) is 4.79 Å². The predicted octanol–water partition coefficient (Wildman–Crippen LogP) is 1.13. The summed E-state index contributed by atoms with van der Waals surface area (Å²) >= 11 is 0. The maximum Gasteiger partial charge on any atom is 0.257 e. The van der Waals surface area contributed by atoms with Gasteiger partial charge in [-0.25, -0.2) is 0 Å². The van der Waals surface area contributed by atoms with Crippen LogP contribution in [0.1, 0.15) is 5.56 Å². The Bertz CT molecular complexity index is 343. The highest BCUT2D eigenvalue weighted by molar-refractivity contribution is 6.19. The lowest BCUT2D eigenvalue weighted by Crippen LogP contribution is -2.29. The highest BCUT2D eigenvalue weighted by Gasteiger charge is 2.14. The van der Waals surface area contributed by atoms with Crippen LogP contribution in [0, 0.1) is 0 Å². The molecule has 1 amide bonds. The standard InChI is InChI=1S/C10H9NO2/c12-10-9(6-13-7-11-10)8-4-2-1-3-5-8/h1-6H,7H2,(H,11,12). The van der Waals surface area contributed by atoms with Gasteiger partial charge in [0.25, 0.3) is 5.91 Å². The van der Waals surface area contributed by atoms with Crippen molar-refractivity contribution >= 4 is 11.5 Å². The van der Waals surface area contributed by atoms with Gasteiger partial charge in [-0.05, 0) is 5.56 Å². The zero-order valence-electron chi connectivity index (χ0n) is 6.99. The van der Waals surface area contributed by atoms with Gasteiger partial charge in [-0.1, -0.05) is 30.3 Å². The van der Waals surface area contributed by atoms with Crippen molar-refractivity contribution in [3.05, 3.63) is 42.2 Å². The Morgan fingerprint density at radius 3 is 2.69 bits per heavy atom. The van der Waals surface area contributed by atoms with Gasteiger partial charge in [-0.3, -0.25) is 4.79 Å². The quantitative estimate of drug-likeness (QED) is 0.694. The lowest BCUT2D eigenvalue weighted by Gasteiger charge is -2.14. The third-order valence-corrected chi connectivity index (χ3v) is 1.85. The monoisotopic (exact) mass is 175 g/mol. The summed E-state index contributed by atoms with van der Waals surface area (Å²) in [5.41, 5.74) is 1.45. The van der Waals surface area contributed by atoms with Gasteiger partial charge in [0.2, 0.25) is 0 Å². The molecule has 1 N–H and O–H groups in total. The molecule has 0 aromatic heterocycles. The Morgan fingerprint density at radius 2 is 2.00 bits per heavy atom. The van der Waals surface area contributed by atoms with E-state index in [1.165, 1.54) is 6.26 Å². The Kier molecular flexibility index (Phi) is 2.00. The van der Waals surface area contributed by atoms with Gasteiger partial charge in [0, 0.05) is 0 Å². The molecule has 0 unspecified atom stereocenters. The van der Waals surface area contributed by atoms with Crippen molar-refractivity contribution in [3.8, 4) is 0 Å². The molecule has 0 saturated carbocycles. The third kappa shape index (κ3) is 1.54. The molecular formula is C10H9NO2. The maximum absolute atomic E-state index is 11.3. The van der Waals surface area contributed by atoms with Crippen LogP contribution in [0.4, 0.5) is 0 Å². The molecule has 1 aliphatic rings. The highest BCUT2D eigenvalue weighted by Crippen LogP contribution is 2.15. The summed E-state index contributed by atoms with van der Waals surface area (Å²) in [6, 6.07) is 9.43. The van der Waals surface area contributed by atoms with Gasteiger partial charge in [0.1, 0.15) is 0 Å². The number of hydrogen-bond acceptors (Lipinski definition) is 2. The van der Waals surface area contributed by atoms with Crippen LogP contribution in [0.15, 0.2) is 36.6 Å². The van der Waals surface area contributed by atoms with E-state index in [4.69, 9.17) is 4.74 Å². The molecule has 0 aliphatic carbocycles. The SMILES string of the molecule is O=C1NCOC=C1c1ccccc1. The smallest absolute Gasteiger partial charge is 0.257 e. The molecule has 66 valence electrons. The van der Waals surface area contributed by atoms with E-state index in [2.05, 4.69) is 5.32 Å². The summed E-state index contributed by atoms with van der Waals surface area (Å²) in [5, 5.41) is 2.60. The van der Waals surface area contributed by atoms with Crippen LogP contribution >= 0.6 is 0 Å². The fourth-order valence-corrected chi connectivity index (χ4v) is 1.20. The average Bonchev–Trinajstić information content (AvgIpc) is 2.20. The number of nitrogens with one attached hydrogen (secondary N) is 1. The van der Waals surface area contributed by atoms with Crippen molar-refractivity contribution in [1.82, 2.24) is 5.32 Å². The van der Waals surface area contributed by atoms with Crippen molar-refractivity contribution in [1.29, 1.82) is 0 Å². The molecule has 0 spiro atoms. The number of benzene rings is 1. The van der Waals surface area contributed by atoms with E-state index < -0.39 is 0 Å². The molecule has 0 radical (unpaired) electrons. The van der Waals surface area contributed by atoms with Crippen LogP contribution < -0.4 is 5.32 Å². The number of ether oxygens (including phenoxy) is 1. The molecule has 3 heteroatoms. The van der Waals surface area contributed by atoms with E-state index in [-0.39, 0.29) is 12.6 Å². The predicted molar refractivity (Wildman–Crippen MR) is 48.5 cm³/mol. The minimum Gasteiger partial charge on any atom is -0.480 e. The van der Waals surface area contributed by atoms with E-state index >= 15 is 0 Å². The fourth-order valence-electron chi connectivity index (χ4n) is 1.20. The van der Waals surface area contributed by atoms with Crippen LogP contribution in [-0.2, 0) is 9.53 Å². The summed E-state index contributed by atoms with van der Waals surface area (Å²) in [7, 11) is 0. The Balaban J connectivity index is 2.35. The fraction of sp³-hybridized carbons (Fsp3) is 0.100. The molecule has 1 aromatic carbocycles. The number of hydrogen-bond donors (Lipinski definition) is 1. The highest BCUT2D eigenvalue weighted by atomic mass is 16.5. The van der Waals surface area contributed by atoms with E-state index in [1.54, 1.807) is 0 Å². The molecule has 1 aromatic rings. The minimum atomic E-state index is -0.0857. The van der Waals surface area contributed by atoms with Crippen LogP contribution in [-0.4, -0.2) is 12.6 Å². The summed E-state index contributed by atoms with van der Waals surface area (Å²) < 4.78 is 5.01.